The van der Waals surface area contributed by atoms with Crippen molar-refractivity contribution in [2.75, 3.05) is 0 Å². The van der Waals surface area contributed by atoms with Crippen molar-refractivity contribution in [2.24, 2.45) is 0 Å². The molecule has 0 atom stereocenters. The summed E-state index contributed by atoms with van der Waals surface area (Å²) in [7, 11) is 0. The predicted molar refractivity (Wildman–Crippen MR) is 56.4 cm³/mol. The Kier molecular flexibility index (Phi) is 2.97. The molecular formula is C10H11N3. The second-order valence-electron chi connectivity index (χ2n) is 2.46. The minimum atomic E-state index is 0.683. The van der Waals surface area contributed by atoms with Gasteiger partial charge in [0.25, 0.3) is 0 Å². The fraction of sp³-hybridized carbons (Fsp3) is 0. The van der Waals surface area contributed by atoms with E-state index in [1.165, 1.54) is 6.21 Å². The first-order chi connectivity index (χ1) is 6.31. The molecule has 0 fully saturated rings. The Hall–Kier alpha value is -1.90. The van der Waals surface area contributed by atoms with E-state index in [2.05, 4.69) is 11.6 Å². The Bertz CT molecular complexity index is 358. The van der Waals surface area contributed by atoms with Crippen LogP contribution in [-0.2, 0) is 0 Å². The third kappa shape index (κ3) is 2.02. The van der Waals surface area contributed by atoms with Gasteiger partial charge in [-0.3, -0.25) is 0 Å². The molecule has 3 heteroatoms. The van der Waals surface area contributed by atoms with Crippen LogP contribution in [0, 0.1) is 10.8 Å². The Morgan fingerprint density at radius 1 is 1.38 bits per heavy atom. The molecule has 0 spiro atoms. The highest BCUT2D eigenvalue weighted by molar-refractivity contribution is 6.11. The largest absolute Gasteiger partial charge is 0.355 e. The number of hydrogen-bond acceptors (Lipinski definition) is 2. The molecule has 0 bridgehead atoms. The molecule has 0 saturated carbocycles. The summed E-state index contributed by atoms with van der Waals surface area (Å²) in [6, 6.07) is 3.74. The Balaban J connectivity index is 3.04. The number of aromatic nitrogens is 1. The molecule has 0 aliphatic heterocycles. The zero-order chi connectivity index (χ0) is 9.68. The van der Waals surface area contributed by atoms with Gasteiger partial charge >= 0.3 is 0 Å². The smallest absolute Gasteiger partial charge is 0.0474 e. The van der Waals surface area contributed by atoms with Gasteiger partial charge in [0, 0.05) is 29.4 Å². The van der Waals surface area contributed by atoms with Gasteiger partial charge in [-0.25, -0.2) is 0 Å². The van der Waals surface area contributed by atoms with Crippen molar-refractivity contribution in [1.82, 2.24) is 4.98 Å². The van der Waals surface area contributed by atoms with E-state index < -0.39 is 0 Å². The topological polar surface area (TPSA) is 63.5 Å². The molecule has 0 aliphatic carbocycles. The van der Waals surface area contributed by atoms with Crippen LogP contribution in [-0.4, -0.2) is 17.4 Å². The molecule has 0 amide bonds. The highest BCUT2D eigenvalue weighted by Crippen LogP contribution is 2.11. The number of nitrogens with one attached hydrogen (secondary N) is 3. The van der Waals surface area contributed by atoms with Crippen LogP contribution >= 0.6 is 0 Å². The summed E-state index contributed by atoms with van der Waals surface area (Å²) in [5.41, 5.74) is 2.42. The van der Waals surface area contributed by atoms with Crippen molar-refractivity contribution >= 4 is 24.1 Å². The maximum Gasteiger partial charge on any atom is 0.0474 e. The predicted octanol–water partition coefficient (Wildman–Crippen LogP) is 2.34. The summed E-state index contributed by atoms with van der Waals surface area (Å²) in [4.78, 5) is 3.06. The lowest BCUT2D eigenvalue weighted by Gasteiger charge is -1.94. The van der Waals surface area contributed by atoms with E-state index in [1.807, 2.05) is 12.1 Å². The molecular weight excluding hydrogens is 162 g/mol. The fourth-order valence-corrected chi connectivity index (χ4v) is 1.00. The van der Waals surface area contributed by atoms with Gasteiger partial charge in [0.15, 0.2) is 0 Å². The number of hydrogen-bond donors (Lipinski definition) is 3. The Morgan fingerprint density at radius 2 is 2.15 bits per heavy atom. The fourth-order valence-electron chi connectivity index (χ4n) is 1.00. The van der Waals surface area contributed by atoms with Crippen LogP contribution in [0.1, 0.15) is 11.4 Å². The van der Waals surface area contributed by atoms with E-state index in [9.17, 15) is 0 Å². The van der Waals surface area contributed by atoms with E-state index in [0.29, 0.717) is 5.57 Å². The first kappa shape index (κ1) is 9.19. The summed E-state index contributed by atoms with van der Waals surface area (Å²) >= 11 is 0. The van der Waals surface area contributed by atoms with Crippen LogP contribution in [0.4, 0.5) is 0 Å². The molecule has 0 radical (unpaired) electrons. The highest BCUT2D eigenvalue weighted by Gasteiger charge is 1.99. The van der Waals surface area contributed by atoms with E-state index >= 15 is 0 Å². The third-order valence-corrected chi connectivity index (χ3v) is 1.66. The van der Waals surface area contributed by atoms with Crippen molar-refractivity contribution in [3.63, 3.8) is 0 Å². The van der Waals surface area contributed by atoms with Crippen molar-refractivity contribution in [3.8, 4) is 0 Å². The monoisotopic (exact) mass is 173 g/mol. The summed E-state index contributed by atoms with van der Waals surface area (Å²) in [5.74, 6) is 0. The number of rotatable bonds is 4. The number of H-pyrrole nitrogens is 1. The van der Waals surface area contributed by atoms with Gasteiger partial charge in [0.05, 0.1) is 0 Å². The van der Waals surface area contributed by atoms with Crippen molar-refractivity contribution < 1.29 is 0 Å². The van der Waals surface area contributed by atoms with E-state index in [0.717, 1.165) is 17.6 Å². The quantitative estimate of drug-likeness (QED) is 0.585. The number of aromatic amines is 1. The van der Waals surface area contributed by atoms with Crippen LogP contribution in [0.15, 0.2) is 24.8 Å². The summed E-state index contributed by atoms with van der Waals surface area (Å²) < 4.78 is 0. The molecule has 13 heavy (non-hydrogen) atoms. The van der Waals surface area contributed by atoms with Crippen molar-refractivity contribution in [1.29, 1.82) is 10.8 Å². The average Bonchev–Trinajstić information content (AvgIpc) is 2.62. The lowest BCUT2D eigenvalue weighted by Crippen LogP contribution is -1.85. The summed E-state index contributed by atoms with van der Waals surface area (Å²) in [6.07, 6.45) is 5.64. The van der Waals surface area contributed by atoms with Gasteiger partial charge < -0.3 is 15.8 Å². The first-order valence-corrected chi connectivity index (χ1v) is 3.85. The van der Waals surface area contributed by atoms with Crippen LogP contribution in [0.25, 0.3) is 11.6 Å². The van der Waals surface area contributed by atoms with Gasteiger partial charge in [-0.2, -0.15) is 0 Å². The molecule has 1 heterocycles. The minimum Gasteiger partial charge on any atom is -0.355 e. The maximum absolute atomic E-state index is 7.12. The number of allylic oxidation sites excluding steroid dienone is 2. The first-order valence-electron chi connectivity index (χ1n) is 3.85. The molecule has 1 rings (SSSR count). The molecule has 1 aromatic rings. The zero-order valence-electron chi connectivity index (χ0n) is 7.17. The van der Waals surface area contributed by atoms with Gasteiger partial charge in [-0.15, -0.1) is 0 Å². The molecule has 1 aromatic heterocycles. The second kappa shape index (κ2) is 4.21. The lowest BCUT2D eigenvalue weighted by molar-refractivity contribution is 1.34. The van der Waals surface area contributed by atoms with Crippen LogP contribution in [0.3, 0.4) is 0 Å². The van der Waals surface area contributed by atoms with E-state index in [4.69, 9.17) is 10.8 Å². The van der Waals surface area contributed by atoms with Crippen molar-refractivity contribution in [3.05, 3.63) is 36.2 Å². The Morgan fingerprint density at radius 3 is 2.62 bits per heavy atom. The lowest BCUT2D eigenvalue weighted by atomic mass is 10.2. The average molecular weight is 173 g/mol. The van der Waals surface area contributed by atoms with Crippen LogP contribution < -0.4 is 0 Å². The van der Waals surface area contributed by atoms with Gasteiger partial charge in [0.2, 0.25) is 0 Å². The molecule has 0 aliphatic rings. The molecule has 0 unspecified atom stereocenters. The van der Waals surface area contributed by atoms with Gasteiger partial charge in [-0.1, -0.05) is 6.58 Å². The SMILES string of the molecule is C=Cc1ccc(/C(C=N)=C/C=N)[nH]1. The van der Waals surface area contributed by atoms with Crippen LogP contribution in [0.2, 0.25) is 0 Å². The molecule has 3 nitrogen and oxygen atoms in total. The van der Waals surface area contributed by atoms with E-state index in [-0.39, 0.29) is 0 Å². The maximum atomic E-state index is 7.12. The van der Waals surface area contributed by atoms with Crippen LogP contribution in [0.5, 0.6) is 0 Å². The molecule has 66 valence electrons. The second-order valence-corrected chi connectivity index (χ2v) is 2.46. The third-order valence-electron chi connectivity index (χ3n) is 1.66. The Labute approximate surface area is 76.8 Å². The standard InChI is InChI=1S/C10H11N3/c1-2-9-3-4-10(13-9)8(7-12)5-6-11/h2-7,11-13H,1H2/b8-5+,11-6?,12-7?. The van der Waals surface area contributed by atoms with Crippen molar-refractivity contribution in [2.45, 2.75) is 0 Å². The summed E-state index contributed by atoms with van der Waals surface area (Å²) in [5, 5.41) is 14.0. The zero-order valence-corrected chi connectivity index (χ0v) is 7.17. The normalized spacial score (nSPS) is 10.9. The molecule has 0 aromatic carbocycles. The summed E-state index contributed by atoms with van der Waals surface area (Å²) in [6.45, 7) is 3.62. The highest BCUT2D eigenvalue weighted by atomic mass is 14.7. The minimum absolute atomic E-state index is 0.683. The molecule has 0 saturated heterocycles. The molecule has 3 N–H and O–H groups in total. The van der Waals surface area contributed by atoms with E-state index in [1.54, 1.807) is 12.2 Å². The van der Waals surface area contributed by atoms with Gasteiger partial charge in [-0.05, 0) is 24.3 Å². The van der Waals surface area contributed by atoms with Gasteiger partial charge in [0.1, 0.15) is 0 Å².